The fraction of sp³-hybridized carbons (Fsp3) is 0.284. The van der Waals surface area contributed by atoms with E-state index < -0.39 is 0 Å². The summed E-state index contributed by atoms with van der Waals surface area (Å²) in [7, 11) is 0. The summed E-state index contributed by atoms with van der Waals surface area (Å²) in [6, 6.07) is 63.0. The highest BCUT2D eigenvalue weighted by Gasteiger charge is 2.51. The molecule has 0 bridgehead atoms. The zero-order valence-electron chi connectivity index (χ0n) is 42.8. The number of rotatable bonds is 11. The Morgan fingerprint density at radius 1 is 0.514 bits per heavy atom. The van der Waals surface area contributed by atoms with E-state index in [9.17, 15) is 0 Å². The highest BCUT2D eigenvalue weighted by molar-refractivity contribution is 9.10. The smallest absolute Gasteiger partial charge is 0.197 e. The molecule has 2 nitrogen and oxygen atoms in total. The fourth-order valence-electron chi connectivity index (χ4n) is 11.9. The Hall–Kier alpha value is -6.16. The number of fused-ring (bicyclic) bond motifs is 6. The molecule has 0 fully saturated rings. The molecule has 2 aromatic heterocycles. The van der Waals surface area contributed by atoms with Crippen molar-refractivity contribution in [3.63, 3.8) is 0 Å². The third kappa shape index (κ3) is 8.74. The summed E-state index contributed by atoms with van der Waals surface area (Å²) in [5.74, 6) is 0. The predicted molar refractivity (Wildman–Crippen MR) is 300 cm³/mol. The van der Waals surface area contributed by atoms with Crippen LogP contribution in [-0.4, -0.2) is 0 Å². The van der Waals surface area contributed by atoms with E-state index in [-0.39, 0.29) is 22.3 Å². The van der Waals surface area contributed by atoms with Gasteiger partial charge in [0.25, 0.3) is 0 Å². The molecule has 0 radical (unpaired) electrons. The Kier molecular flexibility index (Phi) is 12.8. The van der Waals surface area contributed by atoms with E-state index in [2.05, 4.69) is 264 Å². The molecule has 70 heavy (non-hydrogen) atoms. The van der Waals surface area contributed by atoms with Gasteiger partial charge in [0.05, 0.1) is 33.7 Å². The van der Waals surface area contributed by atoms with Gasteiger partial charge in [-0.25, -0.2) is 0 Å². The summed E-state index contributed by atoms with van der Waals surface area (Å²) in [6.07, 6.45) is 10.00. The van der Waals surface area contributed by atoms with Gasteiger partial charge in [0, 0.05) is 16.6 Å². The van der Waals surface area contributed by atoms with Crippen LogP contribution in [-0.2, 0) is 29.2 Å². The molecule has 2 atom stereocenters. The number of pyridine rings is 2. The molecule has 2 unspecified atom stereocenters. The highest BCUT2D eigenvalue weighted by Crippen LogP contribution is 2.52. The van der Waals surface area contributed by atoms with Crippen LogP contribution in [0.3, 0.4) is 0 Å². The van der Waals surface area contributed by atoms with Crippen LogP contribution < -0.4 is 9.13 Å². The average molecular weight is 982 g/mol. The Morgan fingerprint density at radius 3 is 1.61 bits per heavy atom. The monoisotopic (exact) mass is 980 g/mol. The molecular weight excluding hydrogens is 913 g/mol. The van der Waals surface area contributed by atoms with Gasteiger partial charge >= 0.3 is 0 Å². The van der Waals surface area contributed by atoms with E-state index in [1.807, 2.05) is 0 Å². The van der Waals surface area contributed by atoms with Crippen LogP contribution in [0, 0.1) is 0 Å². The van der Waals surface area contributed by atoms with Gasteiger partial charge < -0.3 is 0 Å². The molecule has 0 spiro atoms. The van der Waals surface area contributed by atoms with Crippen molar-refractivity contribution >= 4 is 37.5 Å². The van der Waals surface area contributed by atoms with Crippen LogP contribution in [0.4, 0.5) is 0 Å². The standard InChI is InChI=1S/C67H69BrN2/c1-10-36-67(12-3)61-32-26-50(53-41-51(46-21-27-54(28-22-46)65(4,5)6)40-52(42-53)47-23-29-55(30-24-47)66(7,8)9)43-60(61)64-58-20-16-14-18-49(58)34-39-70(64)62(67)35-38-69-37-33-48-17-13-15-19-57(48)63(69)59-44-56(68)31-25-45(59)11-2/h13-34,37,39-44,62H,10-12,35-36,38H2,1-9H3/q+2. The number of benzene rings is 7. The number of aromatic nitrogens is 2. The van der Waals surface area contributed by atoms with E-state index >= 15 is 0 Å². The summed E-state index contributed by atoms with van der Waals surface area (Å²) in [4.78, 5) is 0. The highest BCUT2D eigenvalue weighted by atomic mass is 79.9. The van der Waals surface area contributed by atoms with E-state index in [1.54, 1.807) is 0 Å². The number of nitrogens with zero attached hydrogens (tertiary/aromatic N) is 2. The number of halogens is 1. The van der Waals surface area contributed by atoms with Gasteiger partial charge in [-0.1, -0.05) is 188 Å². The van der Waals surface area contributed by atoms with Crippen LogP contribution >= 0.6 is 15.9 Å². The normalized spacial score (nSPS) is 15.8. The molecule has 7 aromatic carbocycles. The topological polar surface area (TPSA) is 7.76 Å². The minimum atomic E-state index is -0.0821. The largest absolute Gasteiger partial charge is 0.220 e. The Labute approximate surface area is 426 Å². The summed E-state index contributed by atoms with van der Waals surface area (Å²) in [6.45, 7) is 21.7. The van der Waals surface area contributed by atoms with Crippen LogP contribution in [0.15, 0.2) is 181 Å². The minimum absolute atomic E-state index is 0.0821. The SMILES string of the molecule is CCCC1(CC)c2ccc(-c3cc(-c4ccc(C(C)(C)C)cc4)cc(-c4ccc(C(C)(C)C)cc4)c3)cc2-c2c3ccccc3cc[n+]2C1CC[n+]1ccc2ccccc2c1-c1cc(Br)ccc1CC. The Morgan fingerprint density at radius 2 is 1.06 bits per heavy atom. The lowest BCUT2D eigenvalue weighted by molar-refractivity contribution is -0.742. The van der Waals surface area contributed by atoms with E-state index in [0.717, 1.165) is 43.1 Å². The minimum Gasteiger partial charge on any atom is -0.197 e. The third-order valence-electron chi connectivity index (χ3n) is 15.7. The van der Waals surface area contributed by atoms with Gasteiger partial charge in [-0.05, 0) is 145 Å². The van der Waals surface area contributed by atoms with Gasteiger partial charge in [-0.3, -0.25) is 0 Å². The van der Waals surface area contributed by atoms with Crippen LogP contribution in [0.2, 0.25) is 0 Å². The Balaban J connectivity index is 1.14. The lowest BCUT2D eigenvalue weighted by Crippen LogP contribution is -2.57. The van der Waals surface area contributed by atoms with Gasteiger partial charge in [-0.2, -0.15) is 9.13 Å². The van der Waals surface area contributed by atoms with Gasteiger partial charge in [0.15, 0.2) is 25.0 Å². The number of aryl methyl sites for hydroxylation is 2. The second-order valence-corrected chi connectivity index (χ2v) is 23.0. The van der Waals surface area contributed by atoms with Crippen molar-refractivity contribution in [2.75, 3.05) is 0 Å². The first-order valence-corrected chi connectivity index (χ1v) is 26.6. The molecule has 1 aliphatic rings. The zero-order chi connectivity index (χ0) is 49.0. The van der Waals surface area contributed by atoms with Crippen molar-refractivity contribution in [1.29, 1.82) is 0 Å². The quantitative estimate of drug-likeness (QED) is 0.114. The maximum absolute atomic E-state index is 3.86. The summed E-state index contributed by atoms with van der Waals surface area (Å²) >= 11 is 3.86. The van der Waals surface area contributed by atoms with E-state index in [0.29, 0.717) is 0 Å². The molecule has 9 aromatic rings. The molecule has 0 aliphatic carbocycles. The van der Waals surface area contributed by atoms with Gasteiger partial charge in [-0.15, -0.1) is 0 Å². The summed E-state index contributed by atoms with van der Waals surface area (Å²) in [5.41, 5.74) is 18.4. The molecule has 0 saturated heterocycles. The van der Waals surface area contributed by atoms with Crippen molar-refractivity contribution in [2.24, 2.45) is 0 Å². The van der Waals surface area contributed by atoms with Crippen molar-refractivity contribution in [1.82, 2.24) is 0 Å². The Bertz CT molecular complexity index is 3310. The maximum Gasteiger partial charge on any atom is 0.220 e. The van der Waals surface area contributed by atoms with Gasteiger partial charge in [0.2, 0.25) is 11.4 Å². The lowest BCUT2D eigenvalue weighted by atomic mass is 9.64. The van der Waals surface area contributed by atoms with Crippen molar-refractivity contribution in [2.45, 2.75) is 123 Å². The second kappa shape index (κ2) is 18.9. The third-order valence-corrected chi connectivity index (χ3v) is 16.2. The van der Waals surface area contributed by atoms with Crippen molar-refractivity contribution in [3.8, 4) is 55.9 Å². The molecule has 0 amide bonds. The molecule has 352 valence electrons. The van der Waals surface area contributed by atoms with E-state index in [1.165, 1.54) is 99.7 Å². The molecular formula is C67H69BrN2+2. The molecule has 0 N–H and O–H groups in total. The van der Waals surface area contributed by atoms with Crippen LogP contribution in [0.25, 0.3) is 77.4 Å². The van der Waals surface area contributed by atoms with E-state index in [4.69, 9.17) is 0 Å². The molecule has 3 heterocycles. The van der Waals surface area contributed by atoms with Gasteiger partial charge in [0.1, 0.15) is 0 Å². The zero-order valence-corrected chi connectivity index (χ0v) is 44.4. The molecule has 1 aliphatic heterocycles. The summed E-state index contributed by atoms with van der Waals surface area (Å²) in [5, 5.41) is 5.15. The molecule has 3 heteroatoms. The van der Waals surface area contributed by atoms with Crippen LogP contribution in [0.5, 0.6) is 0 Å². The number of hydrogen-bond donors (Lipinski definition) is 0. The van der Waals surface area contributed by atoms with Crippen LogP contribution in [0.1, 0.15) is 116 Å². The first-order valence-electron chi connectivity index (χ1n) is 25.9. The molecule has 10 rings (SSSR count). The first kappa shape index (κ1) is 47.5. The first-order chi connectivity index (χ1) is 33.7. The average Bonchev–Trinajstić information content (AvgIpc) is 3.37. The maximum atomic E-state index is 3.86. The second-order valence-electron chi connectivity index (χ2n) is 22.0. The predicted octanol–water partition coefficient (Wildman–Crippen LogP) is 17.9. The lowest BCUT2D eigenvalue weighted by Gasteiger charge is -2.42. The number of hydrogen-bond acceptors (Lipinski definition) is 0. The molecule has 0 saturated carbocycles. The summed E-state index contributed by atoms with van der Waals surface area (Å²) < 4.78 is 6.38. The van der Waals surface area contributed by atoms with Crippen molar-refractivity contribution in [3.05, 3.63) is 203 Å². The fourth-order valence-corrected chi connectivity index (χ4v) is 12.2. The van der Waals surface area contributed by atoms with Crippen molar-refractivity contribution < 1.29 is 9.13 Å².